The van der Waals surface area contributed by atoms with Crippen molar-refractivity contribution in [1.29, 1.82) is 0 Å². The van der Waals surface area contributed by atoms with Crippen LogP contribution in [0.1, 0.15) is 5.56 Å². The topological polar surface area (TPSA) is 47.5 Å². The number of rotatable bonds is 6. The van der Waals surface area contributed by atoms with Gasteiger partial charge in [-0.1, -0.05) is 42.5 Å². The Hall–Kier alpha value is -3.52. The van der Waals surface area contributed by atoms with Crippen LogP contribution in [-0.4, -0.2) is 23.3 Å². The number of halogens is 2. The van der Waals surface area contributed by atoms with Crippen LogP contribution in [-0.2, 0) is 16.0 Å². The van der Waals surface area contributed by atoms with Gasteiger partial charge in [0.1, 0.15) is 12.6 Å². The van der Waals surface area contributed by atoms with E-state index in [4.69, 9.17) is 9.47 Å². The lowest BCUT2D eigenvalue weighted by atomic mass is 10.1. The summed E-state index contributed by atoms with van der Waals surface area (Å²) in [6.07, 6.45) is 3.08. The van der Waals surface area contributed by atoms with Crippen LogP contribution in [0.25, 0.3) is 20.7 Å². The molecule has 0 saturated carbocycles. The first kappa shape index (κ1) is 19.4. The number of aromatic nitrogens is 2. The minimum atomic E-state index is -0.878. The second-order valence-electron chi connectivity index (χ2n) is 6.98. The van der Waals surface area contributed by atoms with Crippen LogP contribution in [0.4, 0.5) is 14.6 Å². The molecule has 0 bridgehead atoms. The van der Waals surface area contributed by atoms with E-state index in [1.165, 1.54) is 23.7 Å². The van der Waals surface area contributed by atoms with Crippen molar-refractivity contribution in [3.63, 3.8) is 0 Å². The normalized spacial score (nSPS) is 13.0. The maximum atomic E-state index is 14.4. The second-order valence-corrected chi connectivity index (χ2v) is 8.03. The van der Waals surface area contributed by atoms with Crippen molar-refractivity contribution in [3.8, 4) is 10.4 Å². The van der Waals surface area contributed by atoms with E-state index >= 15 is 0 Å². The summed E-state index contributed by atoms with van der Waals surface area (Å²) < 4.78 is 39.7. The highest BCUT2D eigenvalue weighted by Gasteiger charge is 2.21. The number of fused-ring (bicyclic) bond motifs is 1. The number of ether oxygens (including phenoxy) is 2. The zero-order valence-electron chi connectivity index (χ0n) is 16.3. The molecular weight excluding hydrogens is 420 g/mol. The molecule has 156 valence electrons. The molecule has 3 heterocycles. The van der Waals surface area contributed by atoms with Crippen molar-refractivity contribution >= 4 is 27.4 Å². The lowest BCUT2D eigenvalue weighted by Gasteiger charge is -2.24. The molecule has 0 aliphatic carbocycles. The third-order valence-electron chi connectivity index (χ3n) is 4.90. The number of hydrogen-bond donors (Lipinski definition) is 0. The fourth-order valence-corrected chi connectivity index (χ4v) is 4.59. The molecule has 0 saturated heterocycles. The molecule has 0 fully saturated rings. The SMILES string of the molecule is Fc1cccc(-c2cc3ncnc(N(CC4=COCO4)Cc4ccccc4)c3s2)c1F. The van der Waals surface area contributed by atoms with Gasteiger partial charge in [-0.25, -0.2) is 18.7 Å². The highest BCUT2D eigenvalue weighted by Crippen LogP contribution is 2.38. The largest absolute Gasteiger partial charge is 0.462 e. The average Bonchev–Trinajstić information content (AvgIpc) is 3.45. The first-order valence-corrected chi connectivity index (χ1v) is 10.4. The molecule has 5 rings (SSSR count). The average molecular weight is 437 g/mol. The Morgan fingerprint density at radius 2 is 1.87 bits per heavy atom. The lowest BCUT2D eigenvalue weighted by molar-refractivity contribution is 0.0797. The van der Waals surface area contributed by atoms with E-state index in [1.807, 2.05) is 30.3 Å². The molecule has 0 amide bonds. The minimum absolute atomic E-state index is 0.190. The Kier molecular flexibility index (Phi) is 5.21. The van der Waals surface area contributed by atoms with E-state index in [-0.39, 0.29) is 12.4 Å². The zero-order valence-corrected chi connectivity index (χ0v) is 17.1. The number of anilines is 1. The maximum absolute atomic E-state index is 14.4. The molecule has 1 aliphatic rings. The van der Waals surface area contributed by atoms with E-state index in [1.54, 1.807) is 18.4 Å². The molecule has 5 nitrogen and oxygen atoms in total. The van der Waals surface area contributed by atoms with Crippen LogP contribution in [0.15, 0.2) is 72.9 Å². The fourth-order valence-electron chi connectivity index (χ4n) is 3.45. The van der Waals surface area contributed by atoms with Gasteiger partial charge in [-0.05, 0) is 17.7 Å². The number of hydrogen-bond acceptors (Lipinski definition) is 6. The minimum Gasteiger partial charge on any atom is -0.462 e. The monoisotopic (exact) mass is 437 g/mol. The zero-order chi connectivity index (χ0) is 21.2. The van der Waals surface area contributed by atoms with Crippen molar-refractivity contribution in [2.45, 2.75) is 6.54 Å². The highest BCUT2D eigenvalue weighted by molar-refractivity contribution is 7.22. The predicted octanol–water partition coefficient (Wildman–Crippen LogP) is 5.49. The Balaban J connectivity index is 1.58. The Bertz CT molecular complexity index is 1260. The molecule has 0 spiro atoms. The lowest BCUT2D eigenvalue weighted by Crippen LogP contribution is -2.26. The molecular formula is C23H17F2N3O2S. The molecule has 0 atom stereocenters. The van der Waals surface area contributed by atoms with Gasteiger partial charge in [0.15, 0.2) is 23.2 Å². The first-order chi connectivity index (χ1) is 15.2. The van der Waals surface area contributed by atoms with Gasteiger partial charge in [0.05, 0.1) is 16.8 Å². The van der Waals surface area contributed by atoms with Crippen molar-refractivity contribution < 1.29 is 18.3 Å². The van der Waals surface area contributed by atoms with Crippen molar-refractivity contribution in [3.05, 3.63) is 90.1 Å². The summed E-state index contributed by atoms with van der Waals surface area (Å²) in [7, 11) is 0. The fraction of sp³-hybridized carbons (Fsp3) is 0.130. The molecule has 1 aliphatic heterocycles. The molecule has 31 heavy (non-hydrogen) atoms. The molecule has 8 heteroatoms. The van der Waals surface area contributed by atoms with Crippen molar-refractivity contribution in [1.82, 2.24) is 9.97 Å². The molecule has 0 N–H and O–H groups in total. The number of thiophene rings is 1. The smallest absolute Gasteiger partial charge is 0.229 e. The van der Waals surface area contributed by atoms with Gasteiger partial charge in [0.25, 0.3) is 0 Å². The van der Waals surface area contributed by atoms with E-state index in [2.05, 4.69) is 14.9 Å². The standard InChI is InChI=1S/C23H17F2N3O2S/c24-18-8-4-7-17(21(18)25)20-9-19-22(31-20)23(27-13-26-19)28(11-16-12-29-14-30-16)10-15-5-2-1-3-6-15/h1-9,12-13H,10-11,14H2. The summed E-state index contributed by atoms with van der Waals surface area (Å²) in [6, 6.07) is 15.9. The van der Waals surface area contributed by atoms with E-state index in [0.29, 0.717) is 35.1 Å². The van der Waals surface area contributed by atoms with Gasteiger partial charge in [-0.3, -0.25) is 0 Å². The van der Waals surface area contributed by atoms with Crippen LogP contribution in [0.5, 0.6) is 0 Å². The van der Waals surface area contributed by atoms with Crippen LogP contribution >= 0.6 is 11.3 Å². The molecule has 2 aromatic carbocycles. The van der Waals surface area contributed by atoms with Crippen LogP contribution in [0.2, 0.25) is 0 Å². The first-order valence-electron chi connectivity index (χ1n) is 9.60. The molecule has 4 aromatic rings. The second kappa shape index (κ2) is 8.31. The number of nitrogens with zero attached hydrogens (tertiary/aromatic N) is 3. The van der Waals surface area contributed by atoms with Crippen LogP contribution < -0.4 is 4.90 Å². The van der Waals surface area contributed by atoms with Crippen LogP contribution in [0.3, 0.4) is 0 Å². The summed E-state index contributed by atoms with van der Waals surface area (Å²) >= 11 is 1.33. The van der Waals surface area contributed by atoms with Gasteiger partial charge in [0.2, 0.25) is 6.79 Å². The van der Waals surface area contributed by atoms with E-state index in [9.17, 15) is 8.78 Å². The molecule has 0 unspecified atom stereocenters. The Morgan fingerprint density at radius 3 is 2.68 bits per heavy atom. The highest BCUT2D eigenvalue weighted by atomic mass is 32.1. The molecule has 2 aromatic heterocycles. The van der Waals surface area contributed by atoms with E-state index < -0.39 is 11.6 Å². The summed E-state index contributed by atoms with van der Waals surface area (Å²) in [6.45, 7) is 1.22. The van der Waals surface area contributed by atoms with Gasteiger partial charge < -0.3 is 14.4 Å². The van der Waals surface area contributed by atoms with Crippen LogP contribution in [0, 0.1) is 11.6 Å². The summed E-state index contributed by atoms with van der Waals surface area (Å²) in [5.74, 6) is -0.363. The van der Waals surface area contributed by atoms with Crippen molar-refractivity contribution in [2.24, 2.45) is 0 Å². The Labute approximate surface area is 181 Å². The molecule has 0 radical (unpaired) electrons. The van der Waals surface area contributed by atoms with Gasteiger partial charge >= 0.3 is 0 Å². The Morgan fingerprint density at radius 1 is 1.00 bits per heavy atom. The summed E-state index contributed by atoms with van der Waals surface area (Å²) in [5.41, 5.74) is 1.98. The number of benzene rings is 2. The third kappa shape index (κ3) is 3.94. The van der Waals surface area contributed by atoms with Gasteiger partial charge in [-0.15, -0.1) is 11.3 Å². The predicted molar refractivity (Wildman–Crippen MR) is 115 cm³/mol. The van der Waals surface area contributed by atoms with Crippen molar-refractivity contribution in [2.75, 3.05) is 18.2 Å². The maximum Gasteiger partial charge on any atom is 0.229 e. The van der Waals surface area contributed by atoms with Gasteiger partial charge in [-0.2, -0.15) is 0 Å². The summed E-state index contributed by atoms with van der Waals surface area (Å²) in [5, 5.41) is 0. The van der Waals surface area contributed by atoms with E-state index in [0.717, 1.165) is 16.3 Å². The quantitative estimate of drug-likeness (QED) is 0.399. The third-order valence-corrected chi connectivity index (χ3v) is 6.05. The van der Waals surface area contributed by atoms with Gasteiger partial charge in [0, 0.05) is 17.0 Å². The summed E-state index contributed by atoms with van der Waals surface area (Å²) in [4.78, 5) is 11.5.